The lowest BCUT2D eigenvalue weighted by atomic mass is 9.93. The molecule has 2 aromatic carbocycles. The molecule has 0 aromatic heterocycles. The maximum Gasteiger partial charge on any atom is 0.412 e. The Morgan fingerprint density at radius 2 is 1.96 bits per heavy atom. The van der Waals surface area contributed by atoms with Gasteiger partial charge in [0, 0.05) is 12.2 Å². The van der Waals surface area contributed by atoms with E-state index in [2.05, 4.69) is 54.0 Å². The molecular formula is C21H26N2O2. The van der Waals surface area contributed by atoms with Crippen LogP contribution in [0.25, 0.3) is 11.1 Å². The van der Waals surface area contributed by atoms with Crippen molar-refractivity contribution in [2.45, 2.75) is 46.3 Å². The summed E-state index contributed by atoms with van der Waals surface area (Å²) >= 11 is 0. The van der Waals surface area contributed by atoms with E-state index in [-0.39, 0.29) is 0 Å². The molecule has 4 nitrogen and oxygen atoms in total. The second kappa shape index (κ2) is 6.89. The zero-order valence-electron chi connectivity index (χ0n) is 15.4. The zero-order valence-corrected chi connectivity index (χ0v) is 15.4. The molecule has 1 amide bonds. The molecule has 4 heteroatoms. The predicted molar refractivity (Wildman–Crippen MR) is 102 cm³/mol. The predicted octanol–water partition coefficient (Wildman–Crippen LogP) is 4.65. The average molecular weight is 338 g/mol. The Morgan fingerprint density at radius 3 is 2.68 bits per heavy atom. The van der Waals surface area contributed by atoms with Crippen LogP contribution in [0, 0.1) is 6.92 Å². The van der Waals surface area contributed by atoms with Gasteiger partial charge in [-0.3, -0.25) is 5.32 Å². The van der Waals surface area contributed by atoms with Gasteiger partial charge in [0.15, 0.2) is 0 Å². The Hall–Kier alpha value is -2.33. The zero-order chi connectivity index (χ0) is 18.0. The molecule has 1 heterocycles. The van der Waals surface area contributed by atoms with Crippen molar-refractivity contribution < 1.29 is 9.53 Å². The van der Waals surface area contributed by atoms with Crippen LogP contribution in [0.2, 0.25) is 0 Å². The van der Waals surface area contributed by atoms with Crippen LogP contribution >= 0.6 is 0 Å². The van der Waals surface area contributed by atoms with Crippen LogP contribution in [-0.2, 0) is 17.7 Å². The van der Waals surface area contributed by atoms with Crippen molar-refractivity contribution in [2.75, 3.05) is 11.9 Å². The summed E-state index contributed by atoms with van der Waals surface area (Å²) in [6, 6.07) is 12.7. The van der Waals surface area contributed by atoms with E-state index < -0.39 is 11.7 Å². The first kappa shape index (κ1) is 17.5. The fourth-order valence-corrected chi connectivity index (χ4v) is 3.14. The van der Waals surface area contributed by atoms with Gasteiger partial charge in [-0.1, -0.05) is 29.8 Å². The van der Waals surface area contributed by atoms with Gasteiger partial charge in [-0.05, 0) is 75.0 Å². The fraction of sp³-hybridized carbons (Fsp3) is 0.381. The number of benzene rings is 2. The number of ether oxygens (including phenoxy) is 1. The summed E-state index contributed by atoms with van der Waals surface area (Å²) in [6.07, 6.45) is 0.490. The molecule has 2 N–H and O–H groups in total. The average Bonchev–Trinajstić information content (AvgIpc) is 2.53. The number of amides is 1. The van der Waals surface area contributed by atoms with Crippen LogP contribution in [0.3, 0.4) is 0 Å². The third-order valence-electron chi connectivity index (χ3n) is 4.20. The van der Waals surface area contributed by atoms with Gasteiger partial charge in [0.2, 0.25) is 0 Å². The van der Waals surface area contributed by atoms with Gasteiger partial charge < -0.3 is 10.1 Å². The van der Waals surface area contributed by atoms with Gasteiger partial charge in [-0.25, -0.2) is 4.79 Å². The summed E-state index contributed by atoms with van der Waals surface area (Å²) in [7, 11) is 0. The summed E-state index contributed by atoms with van der Waals surface area (Å²) in [5.74, 6) is 0. The summed E-state index contributed by atoms with van der Waals surface area (Å²) in [5, 5.41) is 6.37. The van der Waals surface area contributed by atoms with Crippen molar-refractivity contribution in [3.05, 3.63) is 53.1 Å². The lowest BCUT2D eigenvalue weighted by molar-refractivity contribution is 0.0636. The molecule has 0 radical (unpaired) electrons. The minimum absolute atomic E-state index is 0.408. The molecule has 0 saturated heterocycles. The standard InChI is InChI=1S/C21H26N2O2/c1-14-6-5-7-15(10-14)16-11-17-13-22-9-8-18(17)19(12-16)23-20(24)25-21(2,3)4/h5-7,10-12,22H,8-9,13H2,1-4H3,(H,23,24). The van der Waals surface area contributed by atoms with E-state index in [1.165, 1.54) is 16.7 Å². The molecule has 0 spiro atoms. The molecule has 0 fully saturated rings. The van der Waals surface area contributed by atoms with Gasteiger partial charge in [-0.15, -0.1) is 0 Å². The molecule has 0 unspecified atom stereocenters. The van der Waals surface area contributed by atoms with Gasteiger partial charge in [0.25, 0.3) is 0 Å². The quantitative estimate of drug-likeness (QED) is 0.837. The number of anilines is 1. The van der Waals surface area contributed by atoms with E-state index in [0.29, 0.717) is 0 Å². The number of fused-ring (bicyclic) bond motifs is 1. The van der Waals surface area contributed by atoms with E-state index in [4.69, 9.17) is 4.74 Å². The Morgan fingerprint density at radius 1 is 1.16 bits per heavy atom. The van der Waals surface area contributed by atoms with Gasteiger partial charge in [-0.2, -0.15) is 0 Å². The van der Waals surface area contributed by atoms with Crippen LogP contribution in [-0.4, -0.2) is 18.2 Å². The second-order valence-electron chi connectivity index (χ2n) is 7.58. The molecule has 0 aliphatic carbocycles. The summed E-state index contributed by atoms with van der Waals surface area (Å²) in [4.78, 5) is 12.3. The number of rotatable bonds is 2. The largest absolute Gasteiger partial charge is 0.444 e. The van der Waals surface area contributed by atoms with Crippen LogP contribution in [0.15, 0.2) is 36.4 Å². The monoisotopic (exact) mass is 338 g/mol. The second-order valence-corrected chi connectivity index (χ2v) is 7.58. The topological polar surface area (TPSA) is 50.4 Å². The molecule has 1 aliphatic heterocycles. The first-order valence-corrected chi connectivity index (χ1v) is 8.75. The first-order chi connectivity index (χ1) is 11.8. The van der Waals surface area contributed by atoms with Crippen molar-refractivity contribution in [2.24, 2.45) is 0 Å². The molecule has 132 valence electrons. The highest BCUT2D eigenvalue weighted by Gasteiger charge is 2.20. The molecule has 25 heavy (non-hydrogen) atoms. The Labute approximate surface area is 149 Å². The molecule has 2 aromatic rings. The van der Waals surface area contributed by atoms with Gasteiger partial charge in [0.05, 0.1) is 0 Å². The van der Waals surface area contributed by atoms with E-state index in [0.717, 1.165) is 36.3 Å². The van der Waals surface area contributed by atoms with E-state index >= 15 is 0 Å². The highest BCUT2D eigenvalue weighted by atomic mass is 16.6. The minimum Gasteiger partial charge on any atom is -0.444 e. The molecule has 1 aliphatic rings. The lowest BCUT2D eigenvalue weighted by Gasteiger charge is -2.24. The number of aryl methyl sites for hydroxylation is 1. The molecular weight excluding hydrogens is 312 g/mol. The van der Waals surface area contributed by atoms with Crippen molar-refractivity contribution in [3.8, 4) is 11.1 Å². The number of hydrogen-bond acceptors (Lipinski definition) is 3. The SMILES string of the molecule is Cc1cccc(-c2cc3c(c(NC(=O)OC(C)(C)C)c2)CCNC3)c1. The van der Waals surface area contributed by atoms with E-state index in [9.17, 15) is 4.79 Å². The Balaban J connectivity index is 1.98. The summed E-state index contributed by atoms with van der Waals surface area (Å²) < 4.78 is 5.43. The van der Waals surface area contributed by atoms with Crippen LogP contribution in [0.4, 0.5) is 10.5 Å². The molecule has 0 bridgehead atoms. The van der Waals surface area contributed by atoms with Gasteiger partial charge in [0.1, 0.15) is 5.60 Å². The normalized spacial score (nSPS) is 13.9. The molecule has 0 atom stereocenters. The number of hydrogen-bond donors (Lipinski definition) is 2. The summed E-state index contributed by atoms with van der Waals surface area (Å²) in [5.41, 5.74) is 6.25. The maximum absolute atomic E-state index is 12.3. The smallest absolute Gasteiger partial charge is 0.412 e. The van der Waals surface area contributed by atoms with Gasteiger partial charge >= 0.3 is 6.09 Å². The Bertz CT molecular complexity index is 791. The van der Waals surface area contributed by atoms with Crippen LogP contribution in [0.1, 0.15) is 37.5 Å². The van der Waals surface area contributed by atoms with Crippen molar-refractivity contribution in [3.63, 3.8) is 0 Å². The first-order valence-electron chi connectivity index (χ1n) is 8.75. The fourth-order valence-electron chi connectivity index (χ4n) is 3.14. The maximum atomic E-state index is 12.3. The molecule has 0 saturated carbocycles. The highest BCUT2D eigenvalue weighted by molar-refractivity contribution is 5.88. The third-order valence-corrected chi connectivity index (χ3v) is 4.20. The van der Waals surface area contributed by atoms with E-state index in [1.807, 2.05) is 20.8 Å². The minimum atomic E-state index is -0.514. The number of carbonyl (C=O) groups excluding carboxylic acids is 1. The van der Waals surface area contributed by atoms with E-state index in [1.54, 1.807) is 0 Å². The van der Waals surface area contributed by atoms with Crippen molar-refractivity contribution in [1.29, 1.82) is 0 Å². The third kappa shape index (κ3) is 4.40. The van der Waals surface area contributed by atoms with Crippen molar-refractivity contribution in [1.82, 2.24) is 5.32 Å². The highest BCUT2D eigenvalue weighted by Crippen LogP contribution is 2.31. The van der Waals surface area contributed by atoms with Crippen LogP contribution < -0.4 is 10.6 Å². The Kier molecular flexibility index (Phi) is 4.82. The number of nitrogens with one attached hydrogen (secondary N) is 2. The van der Waals surface area contributed by atoms with Crippen molar-refractivity contribution >= 4 is 11.8 Å². The number of carbonyl (C=O) groups is 1. The summed E-state index contributed by atoms with van der Waals surface area (Å²) in [6.45, 7) is 9.43. The van der Waals surface area contributed by atoms with Crippen LogP contribution in [0.5, 0.6) is 0 Å². The molecule has 3 rings (SSSR count). The lowest BCUT2D eigenvalue weighted by Crippen LogP contribution is -2.29.